The number of fused-ring (bicyclic) bond motifs is 1. The van der Waals surface area contributed by atoms with E-state index >= 15 is 0 Å². The van der Waals surface area contributed by atoms with Gasteiger partial charge in [0.05, 0.1) is 10.2 Å². The molecule has 0 unspecified atom stereocenters. The number of nitrogens with zero attached hydrogens (tertiary/aromatic N) is 4. The van der Waals surface area contributed by atoms with Gasteiger partial charge in [0.15, 0.2) is 0 Å². The van der Waals surface area contributed by atoms with Crippen molar-refractivity contribution in [1.29, 1.82) is 0 Å². The molecule has 1 saturated heterocycles. The van der Waals surface area contributed by atoms with Gasteiger partial charge in [-0.3, -0.25) is 4.98 Å². The van der Waals surface area contributed by atoms with Crippen molar-refractivity contribution in [2.24, 2.45) is 0 Å². The molecule has 0 amide bonds. The summed E-state index contributed by atoms with van der Waals surface area (Å²) in [4.78, 5) is 15.6. The van der Waals surface area contributed by atoms with Gasteiger partial charge in [-0.15, -0.1) is 0 Å². The predicted molar refractivity (Wildman–Crippen MR) is 101 cm³/mol. The zero-order valence-electron chi connectivity index (χ0n) is 12.8. The molecule has 4 rings (SSSR count). The van der Waals surface area contributed by atoms with E-state index in [2.05, 4.69) is 36.1 Å². The summed E-state index contributed by atoms with van der Waals surface area (Å²) < 4.78 is 0.923. The number of hydrogen-bond donors (Lipinski definition) is 1. The highest BCUT2D eigenvalue weighted by Gasteiger charge is 2.19. The number of rotatable bonds is 2. The van der Waals surface area contributed by atoms with Crippen molar-refractivity contribution in [2.45, 2.75) is 0 Å². The van der Waals surface area contributed by atoms with Crippen LogP contribution < -0.4 is 10.2 Å². The van der Waals surface area contributed by atoms with Crippen molar-refractivity contribution < 1.29 is 0 Å². The van der Waals surface area contributed by atoms with E-state index in [0.29, 0.717) is 5.15 Å². The summed E-state index contributed by atoms with van der Waals surface area (Å²) in [6.07, 6.45) is 5.38. The molecule has 1 aliphatic heterocycles. The highest BCUT2D eigenvalue weighted by atomic mass is 79.9. The second kappa shape index (κ2) is 6.63. The van der Waals surface area contributed by atoms with Crippen molar-refractivity contribution in [2.75, 3.05) is 31.1 Å². The maximum Gasteiger partial charge on any atom is 0.137 e. The Bertz CT molecular complexity index is 895. The number of hydrogen-bond acceptors (Lipinski definition) is 5. The van der Waals surface area contributed by atoms with E-state index in [1.807, 2.05) is 30.6 Å². The summed E-state index contributed by atoms with van der Waals surface area (Å²) in [5, 5.41) is 5.98. The van der Waals surface area contributed by atoms with Gasteiger partial charge in [0.2, 0.25) is 0 Å². The molecular weight excluding hydrogens is 390 g/mol. The van der Waals surface area contributed by atoms with Crippen LogP contribution in [0.5, 0.6) is 0 Å². The van der Waals surface area contributed by atoms with E-state index in [1.54, 1.807) is 6.20 Å². The predicted octanol–water partition coefficient (Wildman–Crippen LogP) is 3.52. The second-order valence-electron chi connectivity index (χ2n) is 5.62. The number of piperazine rings is 1. The molecule has 0 radical (unpaired) electrons. The van der Waals surface area contributed by atoms with E-state index in [-0.39, 0.29) is 0 Å². The minimum atomic E-state index is 0.455. The van der Waals surface area contributed by atoms with E-state index in [0.717, 1.165) is 58.5 Å². The number of pyridine rings is 3. The van der Waals surface area contributed by atoms with E-state index < -0.39 is 0 Å². The number of halogens is 2. The SMILES string of the molecule is Clc1cc(-c2nc(N3CCNCC3)c3ccncc3c2Br)ccn1. The molecule has 0 saturated carbocycles. The first-order valence-corrected chi connectivity index (χ1v) is 8.92. The lowest BCUT2D eigenvalue weighted by Gasteiger charge is -2.30. The van der Waals surface area contributed by atoms with Crippen LogP contribution in [0.1, 0.15) is 0 Å². The Morgan fingerprint density at radius 3 is 2.75 bits per heavy atom. The number of nitrogens with one attached hydrogen (secondary N) is 1. The van der Waals surface area contributed by atoms with Crippen LogP contribution in [-0.4, -0.2) is 41.1 Å². The van der Waals surface area contributed by atoms with Crippen LogP contribution in [0, 0.1) is 0 Å². The van der Waals surface area contributed by atoms with Crippen LogP contribution in [0.25, 0.3) is 22.0 Å². The van der Waals surface area contributed by atoms with Crippen LogP contribution in [0.4, 0.5) is 5.82 Å². The van der Waals surface area contributed by atoms with Gasteiger partial charge >= 0.3 is 0 Å². The largest absolute Gasteiger partial charge is 0.354 e. The molecule has 0 bridgehead atoms. The minimum Gasteiger partial charge on any atom is -0.354 e. The van der Waals surface area contributed by atoms with Gasteiger partial charge in [-0.1, -0.05) is 11.6 Å². The molecule has 3 aromatic heterocycles. The van der Waals surface area contributed by atoms with E-state index in [4.69, 9.17) is 16.6 Å². The molecular formula is C17H15BrClN5. The Hall–Kier alpha value is -1.76. The summed E-state index contributed by atoms with van der Waals surface area (Å²) in [5.74, 6) is 0.986. The number of aromatic nitrogens is 3. The zero-order chi connectivity index (χ0) is 16.5. The first-order chi connectivity index (χ1) is 11.7. The minimum absolute atomic E-state index is 0.455. The third-order valence-corrected chi connectivity index (χ3v) is 5.15. The Balaban J connectivity index is 1.95. The molecule has 0 atom stereocenters. The van der Waals surface area contributed by atoms with E-state index in [9.17, 15) is 0 Å². The summed E-state index contributed by atoms with van der Waals surface area (Å²) in [6.45, 7) is 3.78. The molecule has 7 heteroatoms. The maximum absolute atomic E-state index is 6.07. The van der Waals surface area contributed by atoms with Crippen molar-refractivity contribution >= 4 is 44.1 Å². The highest BCUT2D eigenvalue weighted by Crippen LogP contribution is 2.37. The first-order valence-electron chi connectivity index (χ1n) is 7.75. The normalized spacial score (nSPS) is 15.0. The fourth-order valence-electron chi connectivity index (χ4n) is 2.97. The van der Waals surface area contributed by atoms with Crippen molar-refractivity contribution in [3.05, 3.63) is 46.4 Å². The lowest BCUT2D eigenvalue weighted by molar-refractivity contribution is 0.586. The topological polar surface area (TPSA) is 53.9 Å². The summed E-state index contributed by atoms with van der Waals surface area (Å²) in [6, 6.07) is 5.77. The quantitative estimate of drug-likeness (QED) is 0.662. The molecule has 1 fully saturated rings. The molecule has 24 heavy (non-hydrogen) atoms. The molecule has 1 N–H and O–H groups in total. The van der Waals surface area contributed by atoms with Crippen molar-refractivity contribution in [3.63, 3.8) is 0 Å². The molecule has 0 aliphatic carbocycles. The highest BCUT2D eigenvalue weighted by molar-refractivity contribution is 9.10. The molecule has 5 nitrogen and oxygen atoms in total. The smallest absolute Gasteiger partial charge is 0.137 e. The molecule has 4 heterocycles. The molecule has 122 valence electrons. The van der Waals surface area contributed by atoms with Gasteiger partial charge in [0.1, 0.15) is 11.0 Å². The fraction of sp³-hybridized carbons (Fsp3) is 0.235. The summed E-state index contributed by atoms with van der Waals surface area (Å²) in [5.41, 5.74) is 1.79. The Kier molecular flexibility index (Phi) is 4.35. The van der Waals surface area contributed by atoms with Crippen LogP contribution in [0.2, 0.25) is 5.15 Å². The van der Waals surface area contributed by atoms with Gasteiger partial charge in [0, 0.05) is 61.1 Å². The lowest BCUT2D eigenvalue weighted by atomic mass is 10.1. The molecule has 1 aliphatic rings. The standard InChI is InChI=1S/C17H15BrClN5/c18-15-13-10-21-3-2-12(13)17(24-7-5-20-6-8-24)23-16(15)11-1-4-22-14(19)9-11/h1-4,9-10,20H,5-8H2. The maximum atomic E-state index is 6.07. The molecule has 0 spiro atoms. The third-order valence-electron chi connectivity index (χ3n) is 4.14. The Morgan fingerprint density at radius 2 is 1.96 bits per heavy atom. The average molecular weight is 405 g/mol. The van der Waals surface area contributed by atoms with Gasteiger partial charge in [-0.2, -0.15) is 0 Å². The fourth-order valence-corrected chi connectivity index (χ4v) is 3.77. The molecule has 0 aromatic carbocycles. The lowest BCUT2D eigenvalue weighted by Crippen LogP contribution is -2.44. The Labute approximate surface area is 153 Å². The third kappa shape index (κ3) is 2.85. The second-order valence-corrected chi connectivity index (χ2v) is 6.80. The summed E-state index contributed by atoms with van der Waals surface area (Å²) in [7, 11) is 0. The van der Waals surface area contributed by atoms with Gasteiger partial charge in [0.25, 0.3) is 0 Å². The van der Waals surface area contributed by atoms with Crippen molar-refractivity contribution in [1.82, 2.24) is 20.3 Å². The first kappa shape index (κ1) is 15.7. The van der Waals surface area contributed by atoms with Gasteiger partial charge in [-0.05, 0) is 34.1 Å². The van der Waals surface area contributed by atoms with Gasteiger partial charge in [-0.25, -0.2) is 9.97 Å². The average Bonchev–Trinajstić information content (AvgIpc) is 2.63. The van der Waals surface area contributed by atoms with Crippen LogP contribution >= 0.6 is 27.5 Å². The number of anilines is 1. The van der Waals surface area contributed by atoms with Crippen molar-refractivity contribution in [3.8, 4) is 11.3 Å². The van der Waals surface area contributed by atoms with Crippen LogP contribution in [-0.2, 0) is 0 Å². The van der Waals surface area contributed by atoms with Crippen LogP contribution in [0.3, 0.4) is 0 Å². The molecule has 3 aromatic rings. The zero-order valence-corrected chi connectivity index (χ0v) is 15.2. The van der Waals surface area contributed by atoms with E-state index in [1.165, 1.54) is 0 Å². The Morgan fingerprint density at radius 1 is 1.12 bits per heavy atom. The van der Waals surface area contributed by atoms with Gasteiger partial charge < -0.3 is 10.2 Å². The summed E-state index contributed by atoms with van der Waals surface area (Å²) >= 11 is 9.77. The monoisotopic (exact) mass is 403 g/mol. The van der Waals surface area contributed by atoms with Crippen LogP contribution in [0.15, 0.2) is 41.3 Å².